The predicted molar refractivity (Wildman–Crippen MR) is 103 cm³/mol. The van der Waals surface area contributed by atoms with Crippen LogP contribution in [0.15, 0.2) is 66.7 Å². The summed E-state index contributed by atoms with van der Waals surface area (Å²) in [5.41, 5.74) is 1.88. The molecule has 130 valence electrons. The van der Waals surface area contributed by atoms with Gasteiger partial charge in [-0.3, -0.25) is 4.79 Å². The molecule has 0 radical (unpaired) electrons. The third-order valence-electron chi connectivity index (χ3n) is 3.80. The van der Waals surface area contributed by atoms with E-state index in [0.29, 0.717) is 26.7 Å². The number of aromatic carboxylic acids is 1. The van der Waals surface area contributed by atoms with E-state index in [-0.39, 0.29) is 11.3 Å². The van der Waals surface area contributed by atoms with E-state index in [0.717, 1.165) is 0 Å². The van der Waals surface area contributed by atoms with E-state index in [9.17, 15) is 14.7 Å². The van der Waals surface area contributed by atoms with Crippen molar-refractivity contribution in [3.8, 4) is 11.1 Å². The average molecular weight is 386 g/mol. The minimum Gasteiger partial charge on any atom is -0.478 e. The van der Waals surface area contributed by atoms with Gasteiger partial charge in [0.05, 0.1) is 21.3 Å². The van der Waals surface area contributed by atoms with Crippen LogP contribution in [0.4, 0.5) is 5.69 Å². The largest absolute Gasteiger partial charge is 0.478 e. The summed E-state index contributed by atoms with van der Waals surface area (Å²) in [6, 6.07) is 18.4. The number of anilines is 1. The standard InChI is InChI=1S/C20H13Cl2NO3/c21-16-8-4-7-14(18(16)22)13-9-10-15(20(25)26)17(11-13)23-19(24)12-5-2-1-3-6-12/h1-11H,(H,23,24)(H,25,26). The number of carboxylic acids is 1. The fourth-order valence-corrected chi connectivity index (χ4v) is 2.92. The summed E-state index contributed by atoms with van der Waals surface area (Å²) in [6.45, 7) is 0. The van der Waals surface area contributed by atoms with Crippen molar-refractivity contribution in [2.45, 2.75) is 0 Å². The molecule has 3 rings (SSSR count). The summed E-state index contributed by atoms with van der Waals surface area (Å²) in [5, 5.41) is 12.8. The first-order chi connectivity index (χ1) is 12.5. The van der Waals surface area contributed by atoms with E-state index in [2.05, 4.69) is 5.32 Å². The summed E-state index contributed by atoms with van der Waals surface area (Å²) in [6.07, 6.45) is 0. The lowest BCUT2D eigenvalue weighted by molar-refractivity contribution is 0.0698. The van der Waals surface area contributed by atoms with Gasteiger partial charge < -0.3 is 10.4 Å². The second kappa shape index (κ2) is 7.60. The first-order valence-electron chi connectivity index (χ1n) is 7.65. The molecule has 0 aliphatic rings. The van der Waals surface area contributed by atoms with Crippen LogP contribution in [0.5, 0.6) is 0 Å². The molecule has 0 bridgehead atoms. The van der Waals surface area contributed by atoms with Gasteiger partial charge in [0, 0.05) is 11.1 Å². The maximum Gasteiger partial charge on any atom is 0.337 e. The van der Waals surface area contributed by atoms with Crippen LogP contribution in [0.2, 0.25) is 10.0 Å². The fourth-order valence-electron chi connectivity index (χ4n) is 2.51. The van der Waals surface area contributed by atoms with Crippen LogP contribution in [0.3, 0.4) is 0 Å². The molecule has 0 spiro atoms. The zero-order valence-electron chi connectivity index (χ0n) is 13.4. The molecular weight excluding hydrogens is 373 g/mol. The van der Waals surface area contributed by atoms with Crippen molar-refractivity contribution in [2.75, 3.05) is 5.32 Å². The van der Waals surface area contributed by atoms with Crippen molar-refractivity contribution in [1.29, 1.82) is 0 Å². The number of carboxylic acid groups (broad SMARTS) is 1. The quantitative estimate of drug-likeness (QED) is 0.613. The van der Waals surface area contributed by atoms with E-state index in [1.165, 1.54) is 6.07 Å². The summed E-state index contributed by atoms with van der Waals surface area (Å²) in [5.74, 6) is -1.54. The highest BCUT2D eigenvalue weighted by Crippen LogP contribution is 2.35. The molecule has 0 saturated carbocycles. The maximum absolute atomic E-state index is 12.4. The zero-order valence-corrected chi connectivity index (χ0v) is 14.9. The first-order valence-corrected chi connectivity index (χ1v) is 8.41. The Morgan fingerprint density at radius 2 is 1.62 bits per heavy atom. The molecule has 3 aromatic rings. The molecule has 0 heterocycles. The summed E-state index contributed by atoms with van der Waals surface area (Å²) in [4.78, 5) is 23.9. The molecule has 0 saturated heterocycles. The number of hydrogen-bond donors (Lipinski definition) is 2. The third kappa shape index (κ3) is 3.72. The highest BCUT2D eigenvalue weighted by atomic mass is 35.5. The van der Waals surface area contributed by atoms with Crippen molar-refractivity contribution in [3.63, 3.8) is 0 Å². The molecule has 0 unspecified atom stereocenters. The van der Waals surface area contributed by atoms with Crippen molar-refractivity contribution in [1.82, 2.24) is 0 Å². The highest BCUT2D eigenvalue weighted by Gasteiger charge is 2.16. The van der Waals surface area contributed by atoms with Gasteiger partial charge in [-0.2, -0.15) is 0 Å². The van der Waals surface area contributed by atoms with Crippen LogP contribution in [-0.4, -0.2) is 17.0 Å². The molecule has 1 amide bonds. The molecule has 3 aromatic carbocycles. The van der Waals surface area contributed by atoms with Gasteiger partial charge in [-0.25, -0.2) is 4.79 Å². The van der Waals surface area contributed by atoms with Gasteiger partial charge in [0.15, 0.2) is 0 Å². The Morgan fingerprint density at radius 3 is 2.31 bits per heavy atom. The third-order valence-corrected chi connectivity index (χ3v) is 4.62. The Hall–Kier alpha value is -2.82. The molecular formula is C20H13Cl2NO3. The van der Waals surface area contributed by atoms with Crippen molar-refractivity contribution in [2.24, 2.45) is 0 Å². The van der Waals surface area contributed by atoms with Gasteiger partial charge in [-0.1, -0.05) is 59.6 Å². The van der Waals surface area contributed by atoms with Crippen molar-refractivity contribution in [3.05, 3.63) is 87.9 Å². The Bertz CT molecular complexity index is 988. The molecule has 2 N–H and O–H groups in total. The van der Waals surface area contributed by atoms with Crippen LogP contribution in [0, 0.1) is 0 Å². The molecule has 0 aromatic heterocycles. The monoisotopic (exact) mass is 385 g/mol. The molecule has 4 nitrogen and oxygen atoms in total. The van der Waals surface area contributed by atoms with E-state index in [4.69, 9.17) is 23.2 Å². The molecule has 26 heavy (non-hydrogen) atoms. The van der Waals surface area contributed by atoms with Gasteiger partial charge in [0.2, 0.25) is 0 Å². The second-order valence-corrected chi connectivity index (χ2v) is 6.27. The van der Waals surface area contributed by atoms with E-state index < -0.39 is 11.9 Å². The smallest absolute Gasteiger partial charge is 0.337 e. The second-order valence-electron chi connectivity index (χ2n) is 5.49. The number of halogens is 2. The lowest BCUT2D eigenvalue weighted by Gasteiger charge is -2.12. The number of carbonyl (C=O) groups excluding carboxylic acids is 1. The van der Waals surface area contributed by atoms with E-state index in [1.807, 2.05) is 0 Å². The van der Waals surface area contributed by atoms with Crippen LogP contribution >= 0.6 is 23.2 Å². The lowest BCUT2D eigenvalue weighted by Crippen LogP contribution is -2.14. The summed E-state index contributed by atoms with van der Waals surface area (Å²) >= 11 is 12.3. The highest BCUT2D eigenvalue weighted by molar-refractivity contribution is 6.43. The van der Waals surface area contributed by atoms with E-state index >= 15 is 0 Å². The average Bonchev–Trinajstić information content (AvgIpc) is 2.64. The number of nitrogens with one attached hydrogen (secondary N) is 1. The van der Waals surface area contributed by atoms with Gasteiger partial charge >= 0.3 is 5.97 Å². The van der Waals surface area contributed by atoms with Crippen LogP contribution in [0.1, 0.15) is 20.7 Å². The molecule has 0 fully saturated rings. The SMILES string of the molecule is O=C(Nc1cc(-c2cccc(Cl)c2Cl)ccc1C(=O)O)c1ccccc1. The summed E-state index contributed by atoms with van der Waals surface area (Å²) in [7, 11) is 0. The number of hydrogen-bond acceptors (Lipinski definition) is 2. The maximum atomic E-state index is 12.4. The van der Waals surface area contributed by atoms with E-state index in [1.54, 1.807) is 60.7 Å². The number of carbonyl (C=O) groups is 2. The number of rotatable bonds is 4. The molecule has 0 aliphatic heterocycles. The predicted octanol–water partition coefficient (Wildman–Crippen LogP) is 5.61. The van der Waals surface area contributed by atoms with Crippen LogP contribution < -0.4 is 5.32 Å². The Labute approximate surface area is 160 Å². The lowest BCUT2D eigenvalue weighted by atomic mass is 10.0. The Kier molecular flexibility index (Phi) is 5.26. The van der Waals surface area contributed by atoms with Gasteiger partial charge in [0.1, 0.15) is 0 Å². The van der Waals surface area contributed by atoms with Crippen LogP contribution in [-0.2, 0) is 0 Å². The molecule has 6 heteroatoms. The van der Waals surface area contributed by atoms with Gasteiger partial charge in [-0.05, 0) is 35.9 Å². The Morgan fingerprint density at radius 1 is 0.885 bits per heavy atom. The topological polar surface area (TPSA) is 66.4 Å². The summed E-state index contributed by atoms with van der Waals surface area (Å²) < 4.78 is 0. The van der Waals surface area contributed by atoms with Crippen molar-refractivity contribution >= 4 is 40.8 Å². The number of benzene rings is 3. The minimum atomic E-state index is -1.14. The number of amides is 1. The van der Waals surface area contributed by atoms with Crippen molar-refractivity contribution < 1.29 is 14.7 Å². The molecule has 0 aliphatic carbocycles. The minimum absolute atomic E-state index is 0.0174. The first kappa shape index (κ1) is 18.0. The molecule has 0 atom stereocenters. The normalized spacial score (nSPS) is 10.4. The van der Waals surface area contributed by atoms with Crippen LogP contribution in [0.25, 0.3) is 11.1 Å². The Balaban J connectivity index is 2.04. The van der Waals surface area contributed by atoms with Gasteiger partial charge in [0.25, 0.3) is 5.91 Å². The van der Waals surface area contributed by atoms with Gasteiger partial charge in [-0.15, -0.1) is 0 Å². The zero-order chi connectivity index (χ0) is 18.7. The fraction of sp³-hybridized carbons (Fsp3) is 0.